The predicted molar refractivity (Wildman–Crippen MR) is 120 cm³/mol. The highest BCUT2D eigenvalue weighted by Crippen LogP contribution is 2.37. The molecule has 1 unspecified atom stereocenters. The molecule has 1 atom stereocenters. The number of anilines is 1. The first kappa shape index (κ1) is 20.9. The Hall–Kier alpha value is -3.32. The molecule has 160 valence electrons. The van der Waals surface area contributed by atoms with E-state index in [1.807, 2.05) is 50.2 Å². The van der Waals surface area contributed by atoms with Gasteiger partial charge in [0.2, 0.25) is 0 Å². The lowest BCUT2D eigenvalue weighted by Gasteiger charge is -2.35. The first-order valence-electron chi connectivity index (χ1n) is 10.0. The smallest absolute Gasteiger partial charge is 0.264 e. The second-order valence-corrected chi connectivity index (χ2v) is 9.49. The van der Waals surface area contributed by atoms with E-state index in [2.05, 4.69) is 5.32 Å². The van der Waals surface area contributed by atoms with E-state index in [1.165, 1.54) is 4.31 Å². The van der Waals surface area contributed by atoms with Crippen LogP contribution < -0.4 is 14.4 Å². The molecule has 3 aromatic rings. The maximum absolute atomic E-state index is 13.5. The van der Waals surface area contributed by atoms with Crippen LogP contribution in [0.2, 0.25) is 0 Å². The molecule has 0 bridgehead atoms. The van der Waals surface area contributed by atoms with Gasteiger partial charge in [-0.15, -0.1) is 0 Å². The molecule has 0 spiro atoms. The van der Waals surface area contributed by atoms with E-state index in [0.717, 1.165) is 16.7 Å². The van der Waals surface area contributed by atoms with Gasteiger partial charge in [0.05, 0.1) is 17.1 Å². The molecule has 6 nitrogen and oxygen atoms in total. The molecule has 7 heteroatoms. The van der Waals surface area contributed by atoms with Crippen molar-refractivity contribution in [2.75, 3.05) is 10.8 Å². The van der Waals surface area contributed by atoms with Crippen LogP contribution in [0.4, 0.5) is 5.69 Å². The number of aryl methyl sites for hydroxylation is 2. The minimum atomic E-state index is -3.87. The average Bonchev–Trinajstić information content (AvgIpc) is 2.77. The van der Waals surface area contributed by atoms with Gasteiger partial charge in [-0.3, -0.25) is 9.10 Å². The molecule has 1 amide bonds. The highest BCUT2D eigenvalue weighted by atomic mass is 32.2. The number of benzene rings is 3. The van der Waals surface area contributed by atoms with Crippen molar-refractivity contribution in [1.82, 2.24) is 5.32 Å². The number of nitrogens with one attached hydrogen (secondary N) is 1. The topological polar surface area (TPSA) is 75.7 Å². The lowest BCUT2D eigenvalue weighted by Crippen LogP contribution is -2.50. The monoisotopic (exact) mass is 436 g/mol. The van der Waals surface area contributed by atoms with E-state index in [4.69, 9.17) is 4.74 Å². The summed E-state index contributed by atoms with van der Waals surface area (Å²) in [4.78, 5) is 13.0. The Labute approximate surface area is 182 Å². The zero-order valence-electron chi connectivity index (χ0n) is 17.4. The first-order valence-corrected chi connectivity index (χ1v) is 11.5. The van der Waals surface area contributed by atoms with Crippen molar-refractivity contribution in [2.45, 2.75) is 31.4 Å². The van der Waals surface area contributed by atoms with Crippen LogP contribution >= 0.6 is 0 Å². The maximum atomic E-state index is 13.5. The first-order chi connectivity index (χ1) is 14.8. The zero-order chi connectivity index (χ0) is 22.0. The summed E-state index contributed by atoms with van der Waals surface area (Å²) >= 11 is 0. The molecular weight excluding hydrogens is 412 g/mol. The fourth-order valence-corrected chi connectivity index (χ4v) is 4.93. The number of ether oxygens (including phenoxy) is 1. The standard InChI is InChI=1S/C24H24N2O4S/c1-17-8-11-20(12-9-17)31(28,29)26-16-23(30-22-13-10-18(2)14-21(22)26)24(27)25-15-19-6-4-3-5-7-19/h3-14,23H,15-16H2,1-2H3,(H,25,27). The van der Waals surface area contributed by atoms with Gasteiger partial charge in [-0.2, -0.15) is 0 Å². The van der Waals surface area contributed by atoms with Crippen molar-refractivity contribution in [3.05, 3.63) is 89.5 Å². The molecule has 1 aliphatic rings. The van der Waals surface area contributed by atoms with Crippen LogP contribution in [0.1, 0.15) is 16.7 Å². The van der Waals surface area contributed by atoms with Crippen molar-refractivity contribution in [2.24, 2.45) is 0 Å². The number of amides is 1. The van der Waals surface area contributed by atoms with Crippen LogP contribution in [0.25, 0.3) is 0 Å². The van der Waals surface area contributed by atoms with E-state index in [1.54, 1.807) is 36.4 Å². The van der Waals surface area contributed by atoms with E-state index in [0.29, 0.717) is 18.0 Å². The number of sulfonamides is 1. The fraction of sp³-hybridized carbons (Fsp3) is 0.208. The van der Waals surface area contributed by atoms with Gasteiger partial charge in [-0.1, -0.05) is 54.1 Å². The van der Waals surface area contributed by atoms with Gasteiger partial charge < -0.3 is 10.1 Å². The van der Waals surface area contributed by atoms with Crippen molar-refractivity contribution < 1.29 is 17.9 Å². The van der Waals surface area contributed by atoms with Crippen molar-refractivity contribution in [3.63, 3.8) is 0 Å². The van der Waals surface area contributed by atoms with Crippen molar-refractivity contribution in [3.8, 4) is 5.75 Å². The average molecular weight is 437 g/mol. The van der Waals surface area contributed by atoms with Crippen LogP contribution in [0, 0.1) is 13.8 Å². The van der Waals surface area contributed by atoms with Crippen LogP contribution in [0.15, 0.2) is 77.7 Å². The molecule has 0 saturated carbocycles. The van der Waals surface area contributed by atoms with E-state index < -0.39 is 16.1 Å². The fourth-order valence-electron chi connectivity index (χ4n) is 3.46. The Morgan fingerprint density at radius 1 is 1.00 bits per heavy atom. The number of carbonyl (C=O) groups is 1. The molecule has 3 aromatic carbocycles. The quantitative estimate of drug-likeness (QED) is 0.663. The summed E-state index contributed by atoms with van der Waals surface area (Å²) in [5.41, 5.74) is 3.26. The Kier molecular flexibility index (Phi) is 5.69. The second-order valence-electron chi connectivity index (χ2n) is 7.63. The maximum Gasteiger partial charge on any atom is 0.264 e. The van der Waals surface area contributed by atoms with Crippen molar-refractivity contribution >= 4 is 21.6 Å². The molecule has 1 aliphatic heterocycles. The normalized spacial score (nSPS) is 15.7. The lowest BCUT2D eigenvalue weighted by atomic mass is 10.1. The molecule has 0 aromatic heterocycles. The summed E-state index contributed by atoms with van der Waals surface area (Å²) in [5, 5.41) is 2.84. The molecule has 1 N–H and O–H groups in total. The molecular formula is C24H24N2O4S. The van der Waals surface area contributed by atoms with Crippen molar-refractivity contribution in [1.29, 1.82) is 0 Å². The molecule has 4 rings (SSSR count). The SMILES string of the molecule is Cc1ccc(S(=O)(=O)N2CC(C(=O)NCc3ccccc3)Oc3ccc(C)cc32)cc1. The summed E-state index contributed by atoms with van der Waals surface area (Å²) in [6, 6.07) is 21.5. The Morgan fingerprint density at radius 3 is 2.39 bits per heavy atom. The summed E-state index contributed by atoms with van der Waals surface area (Å²) in [6.07, 6.45) is -0.959. The summed E-state index contributed by atoms with van der Waals surface area (Å²) in [6.45, 7) is 4.02. The van der Waals surface area contributed by atoms with E-state index >= 15 is 0 Å². The number of hydrogen-bond acceptors (Lipinski definition) is 4. The molecule has 0 saturated heterocycles. The number of carbonyl (C=O) groups excluding carboxylic acids is 1. The molecule has 0 radical (unpaired) electrons. The lowest BCUT2D eigenvalue weighted by molar-refractivity contribution is -0.127. The highest BCUT2D eigenvalue weighted by Gasteiger charge is 2.37. The van der Waals surface area contributed by atoms with Gasteiger partial charge in [0.15, 0.2) is 6.10 Å². The largest absolute Gasteiger partial charge is 0.476 e. The summed E-state index contributed by atoms with van der Waals surface area (Å²) in [7, 11) is -3.87. The molecule has 31 heavy (non-hydrogen) atoms. The number of rotatable bonds is 5. The van der Waals surface area contributed by atoms with E-state index in [-0.39, 0.29) is 17.3 Å². The molecule has 0 aliphatic carbocycles. The Bertz CT molecular complexity index is 1190. The number of hydrogen-bond donors (Lipinski definition) is 1. The minimum absolute atomic E-state index is 0.104. The van der Waals surface area contributed by atoms with Gasteiger partial charge in [0.1, 0.15) is 5.75 Å². The van der Waals surface area contributed by atoms with Crippen LogP contribution in [-0.4, -0.2) is 27.0 Å². The minimum Gasteiger partial charge on any atom is -0.476 e. The third-order valence-corrected chi connectivity index (χ3v) is 6.99. The second kappa shape index (κ2) is 8.43. The van der Waals surface area contributed by atoms with Crippen LogP contribution in [0.5, 0.6) is 5.75 Å². The molecule has 0 fully saturated rings. The van der Waals surface area contributed by atoms with Crippen LogP contribution in [-0.2, 0) is 21.4 Å². The summed E-state index contributed by atoms with van der Waals surface area (Å²) < 4.78 is 34.1. The van der Waals surface area contributed by atoms with Crippen LogP contribution in [0.3, 0.4) is 0 Å². The molecule has 1 heterocycles. The summed E-state index contributed by atoms with van der Waals surface area (Å²) in [5.74, 6) is 0.00609. The predicted octanol–water partition coefficient (Wildman–Crippen LogP) is 3.58. The number of fused-ring (bicyclic) bond motifs is 1. The van der Waals surface area contributed by atoms with Gasteiger partial charge >= 0.3 is 0 Å². The van der Waals surface area contributed by atoms with Gasteiger partial charge in [-0.05, 0) is 49.2 Å². The number of nitrogens with zero attached hydrogens (tertiary/aromatic N) is 1. The van der Waals surface area contributed by atoms with Gasteiger partial charge in [-0.25, -0.2) is 8.42 Å². The third-order valence-electron chi connectivity index (χ3n) is 5.19. The zero-order valence-corrected chi connectivity index (χ0v) is 18.2. The van der Waals surface area contributed by atoms with Gasteiger partial charge in [0.25, 0.3) is 15.9 Å². The Balaban J connectivity index is 1.63. The Morgan fingerprint density at radius 2 is 1.68 bits per heavy atom. The third kappa shape index (κ3) is 4.41. The van der Waals surface area contributed by atoms with E-state index in [9.17, 15) is 13.2 Å². The highest BCUT2D eigenvalue weighted by molar-refractivity contribution is 7.92. The van der Waals surface area contributed by atoms with Gasteiger partial charge in [0, 0.05) is 6.54 Å².